The molecule has 1 fully saturated rings. The van der Waals surface area contributed by atoms with Crippen LogP contribution in [0.15, 0.2) is 18.5 Å². The van der Waals surface area contributed by atoms with Gasteiger partial charge in [-0.3, -0.25) is 4.98 Å². The lowest BCUT2D eigenvalue weighted by molar-refractivity contribution is 0.382. The Morgan fingerprint density at radius 2 is 2.42 bits per heavy atom. The lowest BCUT2D eigenvalue weighted by Crippen LogP contribution is -2.34. The zero-order valence-corrected chi connectivity index (χ0v) is 6.62. The smallest absolute Gasteiger partial charge is 0.101 e. The molecule has 12 heavy (non-hydrogen) atoms. The molecule has 60 valence electrons. The zero-order valence-electron chi connectivity index (χ0n) is 6.62. The van der Waals surface area contributed by atoms with Crippen molar-refractivity contribution in [3.8, 4) is 6.07 Å². The number of hydrogen-bond acceptors (Lipinski definition) is 3. The molecule has 0 bridgehead atoms. The molecule has 1 saturated heterocycles. The fourth-order valence-electron chi connectivity index (χ4n) is 1.28. The summed E-state index contributed by atoms with van der Waals surface area (Å²) in [6, 6.07) is 4.39. The monoisotopic (exact) mass is 159 g/mol. The molecular weight excluding hydrogens is 150 g/mol. The Labute approximate surface area is 71.0 Å². The number of rotatable bonds is 1. The third-order valence-electron chi connectivity index (χ3n) is 2.11. The first kappa shape index (κ1) is 7.26. The molecule has 0 aromatic carbocycles. The Balaban J connectivity index is 2.27. The summed E-state index contributed by atoms with van der Waals surface area (Å²) in [7, 11) is 0. The molecule has 0 spiro atoms. The Kier molecular flexibility index (Phi) is 1.77. The predicted molar refractivity (Wildman–Crippen MR) is 44.3 cm³/mol. The van der Waals surface area contributed by atoms with Crippen LogP contribution in [0.5, 0.6) is 0 Å². The summed E-state index contributed by atoms with van der Waals surface area (Å²) >= 11 is 0. The van der Waals surface area contributed by atoms with E-state index in [2.05, 4.69) is 16.4 Å². The average Bonchev–Trinajstić information content (AvgIpc) is 2.02. The SMILES string of the molecule is N#Cc1cncc([C@@H]2CCN2)c1. The zero-order chi connectivity index (χ0) is 8.39. The molecule has 1 aromatic rings. The summed E-state index contributed by atoms with van der Waals surface area (Å²) in [6.45, 7) is 1.07. The highest BCUT2D eigenvalue weighted by Gasteiger charge is 2.18. The van der Waals surface area contributed by atoms with Crippen molar-refractivity contribution in [2.24, 2.45) is 0 Å². The molecule has 0 aliphatic carbocycles. The van der Waals surface area contributed by atoms with Crippen LogP contribution in [0.1, 0.15) is 23.6 Å². The topological polar surface area (TPSA) is 48.7 Å². The minimum absolute atomic E-state index is 0.422. The summed E-state index contributed by atoms with van der Waals surface area (Å²) in [5.74, 6) is 0. The van der Waals surface area contributed by atoms with E-state index in [0.717, 1.165) is 18.5 Å². The molecule has 2 heterocycles. The Hall–Kier alpha value is -1.40. The number of hydrogen-bond donors (Lipinski definition) is 1. The number of nitrogens with one attached hydrogen (secondary N) is 1. The second-order valence-electron chi connectivity index (χ2n) is 2.91. The van der Waals surface area contributed by atoms with Crippen LogP contribution < -0.4 is 5.32 Å². The molecule has 0 unspecified atom stereocenters. The molecular formula is C9H9N3. The van der Waals surface area contributed by atoms with Crippen molar-refractivity contribution in [3.63, 3.8) is 0 Å². The minimum atomic E-state index is 0.422. The van der Waals surface area contributed by atoms with Crippen LogP contribution in [0.2, 0.25) is 0 Å². The van der Waals surface area contributed by atoms with Crippen molar-refractivity contribution in [2.45, 2.75) is 12.5 Å². The molecule has 2 rings (SSSR count). The molecule has 0 amide bonds. The van der Waals surface area contributed by atoms with E-state index in [-0.39, 0.29) is 0 Å². The van der Waals surface area contributed by atoms with Gasteiger partial charge in [0.25, 0.3) is 0 Å². The second-order valence-corrected chi connectivity index (χ2v) is 2.91. The van der Waals surface area contributed by atoms with Crippen molar-refractivity contribution in [1.29, 1.82) is 5.26 Å². The lowest BCUT2D eigenvalue weighted by atomic mass is 9.99. The normalized spacial score (nSPS) is 21.1. The van der Waals surface area contributed by atoms with Crippen LogP contribution >= 0.6 is 0 Å². The van der Waals surface area contributed by atoms with Gasteiger partial charge in [-0.25, -0.2) is 0 Å². The van der Waals surface area contributed by atoms with Crippen LogP contribution in [-0.4, -0.2) is 11.5 Å². The predicted octanol–water partition coefficient (Wildman–Crippen LogP) is 0.988. The van der Waals surface area contributed by atoms with Gasteiger partial charge in [-0.05, 0) is 24.6 Å². The minimum Gasteiger partial charge on any atom is -0.310 e. The Morgan fingerprint density at radius 3 is 3.00 bits per heavy atom. The first-order chi connectivity index (χ1) is 5.90. The van der Waals surface area contributed by atoms with Gasteiger partial charge in [-0.1, -0.05) is 0 Å². The maximum atomic E-state index is 8.62. The van der Waals surface area contributed by atoms with Crippen LogP contribution in [0.3, 0.4) is 0 Å². The van der Waals surface area contributed by atoms with Gasteiger partial charge in [0.05, 0.1) is 5.56 Å². The van der Waals surface area contributed by atoms with Crippen molar-refractivity contribution >= 4 is 0 Å². The van der Waals surface area contributed by atoms with Crippen molar-refractivity contribution < 1.29 is 0 Å². The first-order valence-electron chi connectivity index (χ1n) is 3.98. The van der Waals surface area contributed by atoms with Gasteiger partial charge in [0.2, 0.25) is 0 Å². The van der Waals surface area contributed by atoms with Crippen molar-refractivity contribution in [3.05, 3.63) is 29.6 Å². The van der Waals surface area contributed by atoms with E-state index in [9.17, 15) is 0 Å². The van der Waals surface area contributed by atoms with E-state index >= 15 is 0 Å². The number of pyridine rings is 1. The molecule has 1 aliphatic heterocycles. The van der Waals surface area contributed by atoms with Gasteiger partial charge >= 0.3 is 0 Å². The van der Waals surface area contributed by atoms with E-state index in [1.165, 1.54) is 0 Å². The van der Waals surface area contributed by atoms with Gasteiger partial charge < -0.3 is 5.32 Å². The highest BCUT2D eigenvalue weighted by molar-refractivity contribution is 5.31. The molecule has 3 heteroatoms. The summed E-state index contributed by atoms with van der Waals surface area (Å²) < 4.78 is 0. The van der Waals surface area contributed by atoms with Crippen molar-refractivity contribution in [2.75, 3.05) is 6.54 Å². The Morgan fingerprint density at radius 1 is 1.58 bits per heavy atom. The van der Waals surface area contributed by atoms with Crippen LogP contribution in [0.25, 0.3) is 0 Å². The summed E-state index contributed by atoms with van der Waals surface area (Å²) in [5.41, 5.74) is 1.77. The van der Waals surface area contributed by atoms with Crippen LogP contribution in [0.4, 0.5) is 0 Å². The maximum Gasteiger partial charge on any atom is 0.101 e. The highest BCUT2D eigenvalue weighted by Crippen LogP contribution is 2.21. The quantitative estimate of drug-likeness (QED) is 0.664. The Bertz CT molecular complexity index is 323. The molecule has 0 saturated carbocycles. The largest absolute Gasteiger partial charge is 0.310 e. The van der Waals surface area contributed by atoms with Gasteiger partial charge in [0.15, 0.2) is 0 Å². The van der Waals surface area contributed by atoms with E-state index in [1.54, 1.807) is 6.20 Å². The molecule has 1 N–H and O–H groups in total. The molecule has 0 radical (unpaired) electrons. The average molecular weight is 159 g/mol. The van der Waals surface area contributed by atoms with E-state index in [0.29, 0.717) is 11.6 Å². The fraction of sp³-hybridized carbons (Fsp3) is 0.333. The number of nitrogens with zero attached hydrogens (tertiary/aromatic N) is 2. The summed E-state index contributed by atoms with van der Waals surface area (Å²) in [5, 5.41) is 11.9. The van der Waals surface area contributed by atoms with Gasteiger partial charge in [0.1, 0.15) is 6.07 Å². The third kappa shape index (κ3) is 1.17. The van der Waals surface area contributed by atoms with Gasteiger partial charge in [-0.2, -0.15) is 5.26 Å². The maximum absolute atomic E-state index is 8.62. The second kappa shape index (κ2) is 2.92. The molecule has 1 atom stereocenters. The molecule has 1 aliphatic rings. The fourth-order valence-corrected chi connectivity index (χ4v) is 1.28. The standard InChI is InChI=1S/C9H9N3/c10-4-7-3-8(6-11-5-7)9-1-2-12-9/h3,5-6,9,12H,1-2H2/t9-/m0/s1. The highest BCUT2D eigenvalue weighted by atomic mass is 15.0. The van der Waals surface area contributed by atoms with Gasteiger partial charge in [0, 0.05) is 18.4 Å². The van der Waals surface area contributed by atoms with E-state index in [1.807, 2.05) is 12.3 Å². The van der Waals surface area contributed by atoms with Crippen LogP contribution in [0, 0.1) is 11.3 Å². The van der Waals surface area contributed by atoms with Crippen molar-refractivity contribution in [1.82, 2.24) is 10.3 Å². The molecule has 1 aromatic heterocycles. The van der Waals surface area contributed by atoms with E-state index < -0.39 is 0 Å². The van der Waals surface area contributed by atoms with Crippen LogP contribution in [-0.2, 0) is 0 Å². The molecule has 3 nitrogen and oxygen atoms in total. The number of aromatic nitrogens is 1. The van der Waals surface area contributed by atoms with E-state index in [4.69, 9.17) is 5.26 Å². The number of nitriles is 1. The van der Waals surface area contributed by atoms with Gasteiger partial charge in [-0.15, -0.1) is 0 Å². The summed E-state index contributed by atoms with van der Waals surface area (Å²) in [6.07, 6.45) is 4.55. The summed E-state index contributed by atoms with van der Waals surface area (Å²) in [4.78, 5) is 4.00. The lowest BCUT2D eigenvalue weighted by Gasteiger charge is -2.27. The third-order valence-corrected chi connectivity index (χ3v) is 2.11. The first-order valence-corrected chi connectivity index (χ1v) is 3.98.